The van der Waals surface area contributed by atoms with Crippen molar-refractivity contribution in [2.75, 3.05) is 29.9 Å². The van der Waals surface area contributed by atoms with Crippen LogP contribution in [0.25, 0.3) is 11.1 Å². The fourth-order valence-electron chi connectivity index (χ4n) is 4.48. The molecule has 2 aromatic rings. The molecule has 2 aliphatic heterocycles. The van der Waals surface area contributed by atoms with Gasteiger partial charge in [-0.1, -0.05) is 43.2 Å². The van der Waals surface area contributed by atoms with E-state index in [1.54, 1.807) is 0 Å². The molecule has 25 heavy (non-hydrogen) atoms. The number of carbonyl (C=O) groups is 1. The number of aryl methyl sites for hydroxylation is 1. The van der Waals surface area contributed by atoms with E-state index in [0.29, 0.717) is 6.42 Å². The van der Waals surface area contributed by atoms with E-state index >= 15 is 0 Å². The second kappa shape index (κ2) is 5.91. The van der Waals surface area contributed by atoms with Crippen LogP contribution in [0.4, 0.5) is 11.4 Å². The van der Waals surface area contributed by atoms with Crippen LogP contribution in [0.15, 0.2) is 24.3 Å². The molecule has 3 nitrogen and oxygen atoms in total. The van der Waals surface area contributed by atoms with E-state index in [9.17, 15) is 4.79 Å². The molecule has 0 saturated heterocycles. The smallest absolute Gasteiger partial charge is 0.231 e. The Bertz CT molecular complexity index is 852. The number of hydrogen-bond donors (Lipinski definition) is 0. The summed E-state index contributed by atoms with van der Waals surface area (Å²) in [5.41, 5.74) is 10.3. The molecular weight excluding hydrogens is 308 g/mol. The lowest BCUT2D eigenvalue weighted by Gasteiger charge is -2.36. The Morgan fingerprint density at radius 1 is 1.04 bits per heavy atom. The average molecular weight is 334 g/mol. The van der Waals surface area contributed by atoms with Crippen molar-refractivity contribution in [3.8, 4) is 11.1 Å². The Balaban J connectivity index is 2.06. The predicted octanol–water partition coefficient (Wildman–Crippen LogP) is 4.26. The van der Waals surface area contributed by atoms with Crippen molar-refractivity contribution in [3.63, 3.8) is 0 Å². The first-order valence-corrected chi connectivity index (χ1v) is 9.29. The van der Waals surface area contributed by atoms with Crippen LogP contribution < -0.4 is 9.80 Å². The number of anilines is 2. The van der Waals surface area contributed by atoms with Gasteiger partial charge in [-0.25, -0.2) is 0 Å². The third-order valence-corrected chi connectivity index (χ3v) is 5.70. The molecule has 0 radical (unpaired) electrons. The Labute approximate surface area is 150 Å². The van der Waals surface area contributed by atoms with Gasteiger partial charge in [0.25, 0.3) is 0 Å². The highest BCUT2D eigenvalue weighted by Gasteiger charge is 2.38. The summed E-state index contributed by atoms with van der Waals surface area (Å²) in [6.45, 7) is 8.30. The maximum Gasteiger partial charge on any atom is 0.231 e. The summed E-state index contributed by atoms with van der Waals surface area (Å²) in [6.07, 6.45) is 2.70. The zero-order valence-corrected chi connectivity index (χ0v) is 15.6. The molecule has 0 aliphatic carbocycles. The number of hydrogen-bond acceptors (Lipinski definition) is 2. The molecule has 0 aromatic heterocycles. The van der Waals surface area contributed by atoms with Crippen molar-refractivity contribution < 1.29 is 4.79 Å². The van der Waals surface area contributed by atoms with Crippen molar-refractivity contribution in [1.29, 1.82) is 0 Å². The monoisotopic (exact) mass is 334 g/mol. The van der Waals surface area contributed by atoms with Gasteiger partial charge in [0.15, 0.2) is 0 Å². The zero-order valence-electron chi connectivity index (χ0n) is 15.6. The van der Waals surface area contributed by atoms with Gasteiger partial charge in [0.2, 0.25) is 5.91 Å². The summed E-state index contributed by atoms with van der Waals surface area (Å²) in [5.74, 6) is 0.255. The van der Waals surface area contributed by atoms with Crippen LogP contribution >= 0.6 is 0 Å². The first-order chi connectivity index (χ1) is 12.0. The fourth-order valence-corrected chi connectivity index (χ4v) is 4.48. The molecule has 2 aromatic carbocycles. The number of rotatable bonds is 3. The summed E-state index contributed by atoms with van der Waals surface area (Å²) >= 11 is 0. The highest BCUT2D eigenvalue weighted by molar-refractivity contribution is 6.09. The third-order valence-electron chi connectivity index (χ3n) is 5.70. The van der Waals surface area contributed by atoms with E-state index in [1.807, 2.05) is 4.90 Å². The predicted molar refractivity (Wildman–Crippen MR) is 105 cm³/mol. The van der Waals surface area contributed by atoms with Crippen LogP contribution in [0.1, 0.15) is 35.6 Å². The number of amides is 1. The Morgan fingerprint density at radius 3 is 2.44 bits per heavy atom. The largest absolute Gasteiger partial charge is 0.371 e. The molecule has 3 heteroatoms. The normalized spacial score (nSPS) is 15.8. The second-order valence-electron chi connectivity index (χ2n) is 7.41. The van der Waals surface area contributed by atoms with Crippen LogP contribution in [-0.2, 0) is 17.6 Å². The van der Waals surface area contributed by atoms with Gasteiger partial charge in [0.1, 0.15) is 0 Å². The van der Waals surface area contributed by atoms with E-state index in [1.165, 1.54) is 44.8 Å². The highest BCUT2D eigenvalue weighted by Crippen LogP contribution is 2.49. The average Bonchev–Trinajstić information content (AvgIpc) is 2.92. The lowest BCUT2D eigenvalue weighted by molar-refractivity contribution is -0.117. The Kier molecular flexibility index (Phi) is 3.82. The molecule has 0 fully saturated rings. The van der Waals surface area contributed by atoms with Crippen LogP contribution in [-0.4, -0.2) is 26.0 Å². The molecule has 0 atom stereocenters. The quantitative estimate of drug-likeness (QED) is 0.837. The lowest BCUT2D eigenvalue weighted by atomic mass is 9.85. The minimum atomic E-state index is 0.255. The van der Waals surface area contributed by atoms with Gasteiger partial charge in [-0.2, -0.15) is 0 Å². The SMILES string of the molecule is CCCc1c(C)c2c3c(c1-c1ccc(C)cc1)CC(=O)N3CCN2C. The van der Waals surface area contributed by atoms with E-state index < -0.39 is 0 Å². The summed E-state index contributed by atoms with van der Waals surface area (Å²) < 4.78 is 0. The molecule has 0 unspecified atom stereocenters. The number of nitrogens with zero attached hydrogens (tertiary/aromatic N) is 2. The molecule has 2 heterocycles. The lowest BCUT2D eigenvalue weighted by Crippen LogP contribution is -2.40. The van der Waals surface area contributed by atoms with Gasteiger partial charge in [-0.05, 0) is 48.1 Å². The standard InChI is InChI=1S/C22H26N2O/c1-5-6-17-15(3)21-22-18(13-19(25)24(22)12-11-23(21)4)20(17)16-9-7-14(2)8-10-16/h7-10H,5-6,11-13H2,1-4H3. The molecule has 0 N–H and O–H groups in total. The van der Waals surface area contributed by atoms with E-state index in [-0.39, 0.29) is 5.91 Å². The van der Waals surface area contributed by atoms with Crippen molar-refractivity contribution in [1.82, 2.24) is 0 Å². The highest BCUT2D eigenvalue weighted by atomic mass is 16.2. The molecule has 0 spiro atoms. The zero-order chi connectivity index (χ0) is 17.7. The molecule has 2 aliphatic rings. The molecule has 0 saturated carbocycles. The van der Waals surface area contributed by atoms with Gasteiger partial charge in [0.05, 0.1) is 17.8 Å². The summed E-state index contributed by atoms with van der Waals surface area (Å²) in [4.78, 5) is 17.0. The van der Waals surface area contributed by atoms with Crippen LogP contribution in [0, 0.1) is 13.8 Å². The maximum absolute atomic E-state index is 12.7. The number of carbonyl (C=O) groups excluding carboxylic acids is 1. The minimum absolute atomic E-state index is 0.255. The fraction of sp³-hybridized carbons (Fsp3) is 0.409. The molecule has 1 amide bonds. The Morgan fingerprint density at radius 2 is 1.76 bits per heavy atom. The topological polar surface area (TPSA) is 23.6 Å². The van der Waals surface area contributed by atoms with Gasteiger partial charge < -0.3 is 9.80 Å². The van der Waals surface area contributed by atoms with Gasteiger partial charge >= 0.3 is 0 Å². The number of benzene rings is 2. The van der Waals surface area contributed by atoms with E-state index in [0.717, 1.165) is 25.9 Å². The van der Waals surface area contributed by atoms with E-state index in [2.05, 4.69) is 57.0 Å². The summed E-state index contributed by atoms with van der Waals surface area (Å²) in [5, 5.41) is 0. The molecule has 0 bridgehead atoms. The van der Waals surface area contributed by atoms with E-state index in [4.69, 9.17) is 0 Å². The molecule has 4 rings (SSSR count). The molecular formula is C22H26N2O. The molecule has 130 valence electrons. The maximum atomic E-state index is 12.7. The van der Waals surface area contributed by atoms with Gasteiger partial charge in [-0.15, -0.1) is 0 Å². The summed E-state index contributed by atoms with van der Waals surface area (Å²) in [7, 11) is 2.16. The van der Waals surface area contributed by atoms with Crippen LogP contribution in [0.3, 0.4) is 0 Å². The van der Waals surface area contributed by atoms with Gasteiger partial charge in [-0.3, -0.25) is 4.79 Å². The number of likely N-dealkylation sites (N-methyl/N-ethyl adjacent to an activating group) is 1. The van der Waals surface area contributed by atoms with Crippen molar-refractivity contribution in [2.45, 2.75) is 40.0 Å². The van der Waals surface area contributed by atoms with Crippen molar-refractivity contribution in [2.24, 2.45) is 0 Å². The first-order valence-electron chi connectivity index (χ1n) is 9.29. The van der Waals surface area contributed by atoms with Crippen molar-refractivity contribution in [3.05, 3.63) is 46.5 Å². The van der Waals surface area contributed by atoms with Gasteiger partial charge in [0, 0.05) is 20.1 Å². The van der Waals surface area contributed by atoms with Crippen LogP contribution in [0.2, 0.25) is 0 Å². The minimum Gasteiger partial charge on any atom is -0.371 e. The van der Waals surface area contributed by atoms with Crippen molar-refractivity contribution >= 4 is 17.3 Å². The summed E-state index contributed by atoms with van der Waals surface area (Å²) in [6, 6.07) is 8.78. The third kappa shape index (κ3) is 2.37. The first kappa shape index (κ1) is 16.2. The van der Waals surface area contributed by atoms with Crippen LogP contribution in [0.5, 0.6) is 0 Å². The Hall–Kier alpha value is -2.29. The second-order valence-corrected chi connectivity index (χ2v) is 7.41.